The van der Waals surface area contributed by atoms with Gasteiger partial charge in [-0.2, -0.15) is 11.8 Å². The number of hydrogen-bond acceptors (Lipinski definition) is 4. The van der Waals surface area contributed by atoms with Gasteiger partial charge in [0, 0.05) is 22.8 Å². The van der Waals surface area contributed by atoms with Gasteiger partial charge in [0.1, 0.15) is 5.75 Å². The molecule has 5 nitrogen and oxygen atoms in total. The van der Waals surface area contributed by atoms with Crippen LogP contribution in [0.3, 0.4) is 0 Å². The molecule has 2 aromatic rings. The molecule has 0 unspecified atom stereocenters. The van der Waals surface area contributed by atoms with E-state index in [1.165, 1.54) is 0 Å². The second-order valence-corrected chi connectivity index (χ2v) is 7.50. The number of thioether (sulfide) groups is 1. The summed E-state index contributed by atoms with van der Waals surface area (Å²) >= 11 is 1.56. The average Bonchev–Trinajstić information content (AvgIpc) is 2.60. The first-order chi connectivity index (χ1) is 12.9. The Hall–Kier alpha value is -2.47. The topological polar surface area (TPSA) is 75.6 Å². The van der Waals surface area contributed by atoms with Crippen LogP contribution in [0, 0.1) is 0 Å². The number of rotatable bonds is 10. The molecule has 2 N–H and O–H groups in total. The Labute approximate surface area is 164 Å². The molecule has 2 rings (SSSR count). The van der Waals surface area contributed by atoms with Crippen LogP contribution in [0.5, 0.6) is 5.75 Å². The van der Waals surface area contributed by atoms with Gasteiger partial charge in [0.25, 0.3) is 0 Å². The van der Waals surface area contributed by atoms with Gasteiger partial charge in [-0.1, -0.05) is 30.3 Å². The Morgan fingerprint density at radius 3 is 2.67 bits per heavy atom. The van der Waals surface area contributed by atoms with Crippen molar-refractivity contribution >= 4 is 29.3 Å². The molecular formula is C21H25NO4S. The number of carbonyl (C=O) groups is 2. The summed E-state index contributed by atoms with van der Waals surface area (Å²) in [5, 5.41) is 11.6. The molecule has 144 valence electrons. The summed E-state index contributed by atoms with van der Waals surface area (Å²) in [4.78, 5) is 23.0. The summed E-state index contributed by atoms with van der Waals surface area (Å²) in [5.41, 5.74) is 2.63. The zero-order chi connectivity index (χ0) is 19.6. The van der Waals surface area contributed by atoms with E-state index in [2.05, 4.69) is 5.32 Å². The molecule has 27 heavy (non-hydrogen) atoms. The van der Waals surface area contributed by atoms with Gasteiger partial charge in [-0.25, -0.2) is 0 Å². The maximum absolute atomic E-state index is 12.4. The van der Waals surface area contributed by atoms with E-state index in [4.69, 9.17) is 9.84 Å². The number of carboxylic acids is 1. The largest absolute Gasteiger partial charge is 0.491 e. The van der Waals surface area contributed by atoms with E-state index in [1.807, 2.05) is 62.4 Å². The minimum Gasteiger partial charge on any atom is -0.491 e. The summed E-state index contributed by atoms with van der Waals surface area (Å²) in [5.74, 6) is 1.11. The number of carboxylic acid groups (broad SMARTS) is 1. The lowest BCUT2D eigenvalue weighted by atomic mass is 10.1. The monoisotopic (exact) mass is 387 g/mol. The molecular weight excluding hydrogens is 362 g/mol. The highest BCUT2D eigenvalue weighted by atomic mass is 32.2. The standard InChI is InChI=1S/C21H25NO4S/c1-15(2)26-19-9-4-3-7-17(19)13-20(23)22-18-8-5-6-16(12-18)14-27-11-10-21(24)25/h3-9,12,15H,10-11,13-14H2,1-2H3,(H,22,23)(H,24,25). The lowest BCUT2D eigenvalue weighted by Gasteiger charge is -2.14. The Kier molecular flexibility index (Phi) is 8.20. The molecule has 0 radical (unpaired) electrons. The van der Waals surface area contributed by atoms with Gasteiger partial charge < -0.3 is 15.2 Å². The third kappa shape index (κ3) is 7.74. The zero-order valence-corrected chi connectivity index (χ0v) is 16.4. The first-order valence-corrected chi connectivity index (χ1v) is 10.0. The van der Waals surface area contributed by atoms with E-state index in [0.29, 0.717) is 11.5 Å². The lowest BCUT2D eigenvalue weighted by Crippen LogP contribution is -2.16. The van der Waals surface area contributed by atoms with Gasteiger partial charge in [0.15, 0.2) is 0 Å². The normalized spacial score (nSPS) is 10.6. The predicted molar refractivity (Wildman–Crippen MR) is 109 cm³/mol. The smallest absolute Gasteiger partial charge is 0.304 e. The Bertz CT molecular complexity index is 776. The molecule has 0 aromatic heterocycles. The summed E-state index contributed by atoms with van der Waals surface area (Å²) in [6, 6.07) is 15.2. The fourth-order valence-electron chi connectivity index (χ4n) is 2.49. The second-order valence-electron chi connectivity index (χ2n) is 6.40. The fraction of sp³-hybridized carbons (Fsp3) is 0.333. The van der Waals surface area contributed by atoms with Crippen LogP contribution < -0.4 is 10.1 Å². The molecule has 0 spiro atoms. The van der Waals surface area contributed by atoms with E-state index >= 15 is 0 Å². The molecule has 2 aromatic carbocycles. The summed E-state index contributed by atoms with van der Waals surface area (Å²) < 4.78 is 5.76. The van der Waals surface area contributed by atoms with E-state index < -0.39 is 5.97 Å². The lowest BCUT2D eigenvalue weighted by molar-refractivity contribution is -0.136. The van der Waals surface area contributed by atoms with Gasteiger partial charge in [0.05, 0.1) is 18.9 Å². The third-order valence-electron chi connectivity index (χ3n) is 3.63. The van der Waals surface area contributed by atoms with Crippen molar-refractivity contribution in [2.24, 2.45) is 0 Å². The van der Waals surface area contributed by atoms with E-state index in [-0.39, 0.29) is 24.9 Å². The van der Waals surface area contributed by atoms with Gasteiger partial charge in [0.2, 0.25) is 5.91 Å². The summed E-state index contributed by atoms with van der Waals surface area (Å²) in [6.45, 7) is 3.91. The fourth-order valence-corrected chi connectivity index (χ4v) is 3.36. The Balaban J connectivity index is 1.92. The van der Waals surface area contributed by atoms with Crippen molar-refractivity contribution in [2.45, 2.75) is 38.5 Å². The number of carbonyl (C=O) groups excluding carboxylic acids is 1. The molecule has 0 aliphatic heterocycles. The van der Waals surface area contributed by atoms with Gasteiger partial charge in [-0.05, 0) is 37.6 Å². The highest BCUT2D eigenvalue weighted by Gasteiger charge is 2.10. The van der Waals surface area contributed by atoms with Crippen LogP contribution in [0.15, 0.2) is 48.5 Å². The number of para-hydroxylation sites is 1. The van der Waals surface area contributed by atoms with Crippen LogP contribution >= 0.6 is 11.8 Å². The molecule has 0 atom stereocenters. The Morgan fingerprint density at radius 1 is 1.15 bits per heavy atom. The first-order valence-electron chi connectivity index (χ1n) is 8.87. The molecule has 0 aliphatic rings. The van der Waals surface area contributed by atoms with Crippen molar-refractivity contribution in [2.75, 3.05) is 11.1 Å². The highest BCUT2D eigenvalue weighted by molar-refractivity contribution is 7.98. The zero-order valence-electron chi connectivity index (χ0n) is 15.6. The van der Waals surface area contributed by atoms with Crippen molar-refractivity contribution in [1.29, 1.82) is 0 Å². The quantitative estimate of drug-likeness (QED) is 0.592. The SMILES string of the molecule is CC(C)Oc1ccccc1CC(=O)Nc1cccc(CSCCC(=O)O)c1. The highest BCUT2D eigenvalue weighted by Crippen LogP contribution is 2.21. The van der Waals surface area contributed by atoms with Crippen LogP contribution in [0.4, 0.5) is 5.69 Å². The van der Waals surface area contributed by atoms with Crippen LogP contribution in [-0.4, -0.2) is 28.8 Å². The number of hydrogen-bond donors (Lipinski definition) is 2. The van der Waals surface area contributed by atoms with Gasteiger partial charge in [-0.3, -0.25) is 9.59 Å². The van der Waals surface area contributed by atoms with Crippen molar-refractivity contribution in [3.05, 3.63) is 59.7 Å². The van der Waals surface area contributed by atoms with Gasteiger partial charge in [-0.15, -0.1) is 0 Å². The molecule has 0 heterocycles. The maximum atomic E-state index is 12.4. The number of aliphatic carboxylic acids is 1. The molecule has 0 saturated heterocycles. The van der Waals surface area contributed by atoms with Gasteiger partial charge >= 0.3 is 5.97 Å². The molecule has 6 heteroatoms. The maximum Gasteiger partial charge on any atom is 0.304 e. The molecule has 0 aliphatic carbocycles. The summed E-state index contributed by atoms with van der Waals surface area (Å²) in [6.07, 6.45) is 0.434. The van der Waals surface area contributed by atoms with E-state index in [0.717, 1.165) is 22.6 Å². The number of nitrogens with one attached hydrogen (secondary N) is 1. The average molecular weight is 388 g/mol. The molecule has 0 saturated carbocycles. The minimum absolute atomic E-state index is 0.0459. The van der Waals surface area contributed by atoms with Crippen LogP contribution in [-0.2, 0) is 21.8 Å². The minimum atomic E-state index is -0.787. The number of anilines is 1. The van der Waals surface area contributed by atoms with Crippen LogP contribution in [0.2, 0.25) is 0 Å². The van der Waals surface area contributed by atoms with E-state index in [1.54, 1.807) is 11.8 Å². The van der Waals surface area contributed by atoms with Crippen molar-refractivity contribution < 1.29 is 19.4 Å². The summed E-state index contributed by atoms with van der Waals surface area (Å²) in [7, 11) is 0. The van der Waals surface area contributed by atoms with Crippen molar-refractivity contribution in [1.82, 2.24) is 0 Å². The molecule has 0 fully saturated rings. The van der Waals surface area contributed by atoms with Crippen molar-refractivity contribution in [3.63, 3.8) is 0 Å². The predicted octanol–water partition coefficient (Wildman–Crippen LogP) is 4.36. The second kappa shape index (κ2) is 10.6. The number of ether oxygens (including phenoxy) is 1. The number of benzene rings is 2. The first kappa shape index (κ1) is 20.8. The van der Waals surface area contributed by atoms with Crippen LogP contribution in [0.25, 0.3) is 0 Å². The Morgan fingerprint density at radius 2 is 1.93 bits per heavy atom. The third-order valence-corrected chi connectivity index (χ3v) is 4.66. The van der Waals surface area contributed by atoms with Crippen molar-refractivity contribution in [3.8, 4) is 5.75 Å². The van der Waals surface area contributed by atoms with E-state index in [9.17, 15) is 9.59 Å². The van der Waals surface area contributed by atoms with Crippen LogP contribution in [0.1, 0.15) is 31.4 Å². The molecule has 1 amide bonds. The molecule has 0 bridgehead atoms. The number of amides is 1.